The molecule has 0 spiro atoms. The molecule has 0 aromatic rings. The number of aliphatic carboxylic acids is 1. The number of rotatable bonds is 7. The molecule has 0 aromatic carbocycles. The Morgan fingerprint density at radius 1 is 1.25 bits per heavy atom. The van der Waals surface area contributed by atoms with Crippen LogP contribution in [0.3, 0.4) is 0 Å². The summed E-state index contributed by atoms with van der Waals surface area (Å²) >= 11 is 0. The van der Waals surface area contributed by atoms with E-state index in [-0.39, 0.29) is 24.7 Å². The summed E-state index contributed by atoms with van der Waals surface area (Å²) in [5, 5.41) is 17.6. The van der Waals surface area contributed by atoms with E-state index in [2.05, 4.69) is 0 Å². The van der Waals surface area contributed by atoms with Crippen molar-refractivity contribution in [2.45, 2.75) is 39.2 Å². The van der Waals surface area contributed by atoms with Gasteiger partial charge in [0, 0.05) is 26.4 Å². The molecule has 0 radical (unpaired) electrons. The Bertz CT molecular complexity index is 240. The van der Waals surface area contributed by atoms with Gasteiger partial charge in [-0.1, -0.05) is 6.92 Å². The highest BCUT2D eigenvalue weighted by Crippen LogP contribution is 2.09. The summed E-state index contributed by atoms with van der Waals surface area (Å²) in [4.78, 5) is 23.5. The van der Waals surface area contributed by atoms with E-state index in [1.54, 1.807) is 20.9 Å². The van der Waals surface area contributed by atoms with Crippen LogP contribution in [0.4, 0.5) is 0 Å². The molecule has 5 nitrogen and oxygen atoms in total. The van der Waals surface area contributed by atoms with E-state index < -0.39 is 12.1 Å². The van der Waals surface area contributed by atoms with E-state index in [0.717, 1.165) is 0 Å². The largest absolute Gasteiger partial charge is 0.481 e. The quantitative estimate of drug-likeness (QED) is 0.676. The molecule has 1 amide bonds. The molecule has 2 N–H and O–H groups in total. The third-order valence-electron chi connectivity index (χ3n) is 2.35. The van der Waals surface area contributed by atoms with Crippen LogP contribution in [0.15, 0.2) is 0 Å². The highest BCUT2D eigenvalue weighted by atomic mass is 16.4. The molecule has 0 saturated carbocycles. The van der Waals surface area contributed by atoms with Crippen LogP contribution in [0, 0.1) is 5.92 Å². The van der Waals surface area contributed by atoms with E-state index in [9.17, 15) is 9.59 Å². The number of aliphatic hydroxyl groups is 1. The number of carboxylic acids is 1. The fraction of sp³-hybridized carbons (Fsp3) is 0.818. The minimum atomic E-state index is -0.882. The van der Waals surface area contributed by atoms with Crippen LogP contribution < -0.4 is 0 Å². The first-order valence-electron chi connectivity index (χ1n) is 5.46. The van der Waals surface area contributed by atoms with E-state index in [0.29, 0.717) is 13.0 Å². The van der Waals surface area contributed by atoms with Crippen molar-refractivity contribution in [2.75, 3.05) is 13.6 Å². The van der Waals surface area contributed by atoms with Crippen LogP contribution in [0.1, 0.15) is 33.1 Å². The molecule has 0 aliphatic rings. The highest BCUT2D eigenvalue weighted by Gasteiger charge is 2.15. The molecule has 2 atom stereocenters. The van der Waals surface area contributed by atoms with Gasteiger partial charge in [-0.15, -0.1) is 0 Å². The molecule has 0 saturated heterocycles. The topological polar surface area (TPSA) is 77.8 Å². The van der Waals surface area contributed by atoms with Crippen LogP contribution >= 0.6 is 0 Å². The van der Waals surface area contributed by atoms with Gasteiger partial charge in [0.15, 0.2) is 0 Å². The molecule has 16 heavy (non-hydrogen) atoms. The minimum Gasteiger partial charge on any atom is -0.481 e. The van der Waals surface area contributed by atoms with Gasteiger partial charge in [0.25, 0.3) is 0 Å². The maximum absolute atomic E-state index is 11.6. The SMILES string of the molecule is CC(O)CCN(C)C(=O)CC(C)CC(=O)O. The molecule has 0 rings (SSSR count). The van der Waals surface area contributed by atoms with Crippen LogP contribution in [-0.4, -0.2) is 46.7 Å². The normalized spacial score (nSPS) is 14.2. The Morgan fingerprint density at radius 3 is 2.25 bits per heavy atom. The zero-order valence-corrected chi connectivity index (χ0v) is 10.1. The zero-order chi connectivity index (χ0) is 12.7. The molecular weight excluding hydrogens is 210 g/mol. The molecule has 0 heterocycles. The van der Waals surface area contributed by atoms with Gasteiger partial charge in [-0.2, -0.15) is 0 Å². The first-order chi connectivity index (χ1) is 7.32. The monoisotopic (exact) mass is 231 g/mol. The smallest absolute Gasteiger partial charge is 0.303 e. The first-order valence-corrected chi connectivity index (χ1v) is 5.46. The van der Waals surface area contributed by atoms with Crippen molar-refractivity contribution in [1.29, 1.82) is 0 Å². The van der Waals surface area contributed by atoms with Crippen molar-refractivity contribution in [1.82, 2.24) is 4.90 Å². The van der Waals surface area contributed by atoms with Crippen molar-refractivity contribution in [3.8, 4) is 0 Å². The second-order valence-corrected chi connectivity index (χ2v) is 4.36. The number of amides is 1. The standard InChI is InChI=1S/C11H21NO4/c1-8(7-11(15)16)6-10(14)12(3)5-4-9(2)13/h8-9,13H,4-7H2,1-3H3,(H,15,16). The predicted molar refractivity (Wildman–Crippen MR) is 60.0 cm³/mol. The molecule has 2 unspecified atom stereocenters. The summed E-state index contributed by atoms with van der Waals surface area (Å²) in [5.74, 6) is -1.11. The Morgan fingerprint density at radius 2 is 1.81 bits per heavy atom. The van der Waals surface area contributed by atoms with Crippen LogP contribution in [-0.2, 0) is 9.59 Å². The molecule has 0 aromatic heterocycles. The van der Waals surface area contributed by atoms with Crippen LogP contribution in [0.2, 0.25) is 0 Å². The highest BCUT2D eigenvalue weighted by molar-refractivity contribution is 5.77. The number of hydrogen-bond acceptors (Lipinski definition) is 3. The van der Waals surface area contributed by atoms with Crippen molar-refractivity contribution < 1.29 is 19.8 Å². The molecule has 0 bridgehead atoms. The van der Waals surface area contributed by atoms with Gasteiger partial charge < -0.3 is 15.1 Å². The summed E-state index contributed by atoms with van der Waals surface area (Å²) < 4.78 is 0. The molecule has 0 fully saturated rings. The Labute approximate surface area is 96.1 Å². The van der Waals surface area contributed by atoms with Gasteiger partial charge in [0.1, 0.15) is 0 Å². The number of carbonyl (C=O) groups is 2. The predicted octanol–water partition coefficient (Wildman–Crippen LogP) is 0.717. The fourth-order valence-electron chi connectivity index (χ4n) is 1.33. The van der Waals surface area contributed by atoms with E-state index in [1.165, 1.54) is 4.90 Å². The van der Waals surface area contributed by atoms with E-state index >= 15 is 0 Å². The number of nitrogens with zero attached hydrogens (tertiary/aromatic N) is 1. The average Bonchev–Trinajstić information content (AvgIpc) is 2.12. The number of carboxylic acid groups (broad SMARTS) is 1. The molecule has 0 aliphatic carbocycles. The van der Waals surface area contributed by atoms with Gasteiger partial charge in [0.2, 0.25) is 5.91 Å². The lowest BCUT2D eigenvalue weighted by Crippen LogP contribution is -2.30. The second kappa shape index (κ2) is 7.22. The number of carbonyl (C=O) groups excluding carboxylic acids is 1. The summed E-state index contributed by atoms with van der Waals surface area (Å²) in [5.41, 5.74) is 0. The summed E-state index contributed by atoms with van der Waals surface area (Å²) in [6, 6.07) is 0. The molecule has 5 heteroatoms. The molecule has 94 valence electrons. The van der Waals surface area contributed by atoms with Gasteiger partial charge in [-0.3, -0.25) is 9.59 Å². The van der Waals surface area contributed by atoms with Crippen molar-refractivity contribution in [3.63, 3.8) is 0 Å². The average molecular weight is 231 g/mol. The molecular formula is C11H21NO4. The van der Waals surface area contributed by atoms with Gasteiger partial charge in [0.05, 0.1) is 6.10 Å². The van der Waals surface area contributed by atoms with Gasteiger partial charge in [-0.25, -0.2) is 0 Å². The lowest BCUT2D eigenvalue weighted by molar-refractivity contribution is -0.138. The third kappa shape index (κ3) is 7.23. The Hall–Kier alpha value is -1.10. The summed E-state index contributed by atoms with van der Waals surface area (Å²) in [7, 11) is 1.66. The van der Waals surface area contributed by atoms with Gasteiger partial charge in [-0.05, 0) is 19.3 Å². The van der Waals surface area contributed by atoms with Crippen LogP contribution in [0.25, 0.3) is 0 Å². The fourth-order valence-corrected chi connectivity index (χ4v) is 1.33. The third-order valence-corrected chi connectivity index (χ3v) is 2.35. The molecule has 0 aliphatic heterocycles. The van der Waals surface area contributed by atoms with Crippen molar-refractivity contribution in [3.05, 3.63) is 0 Å². The summed E-state index contributed by atoms with van der Waals surface area (Å²) in [6.07, 6.45) is 0.361. The Balaban J connectivity index is 3.90. The number of hydrogen-bond donors (Lipinski definition) is 2. The van der Waals surface area contributed by atoms with Crippen LogP contribution in [0.5, 0.6) is 0 Å². The van der Waals surface area contributed by atoms with Gasteiger partial charge >= 0.3 is 5.97 Å². The van der Waals surface area contributed by atoms with Crippen molar-refractivity contribution >= 4 is 11.9 Å². The minimum absolute atomic E-state index is 0.00990. The van der Waals surface area contributed by atoms with E-state index in [1.807, 2.05) is 0 Å². The maximum atomic E-state index is 11.6. The maximum Gasteiger partial charge on any atom is 0.303 e. The Kier molecular flexibility index (Phi) is 6.72. The lowest BCUT2D eigenvalue weighted by Gasteiger charge is -2.19. The second-order valence-electron chi connectivity index (χ2n) is 4.36. The van der Waals surface area contributed by atoms with Crippen molar-refractivity contribution in [2.24, 2.45) is 5.92 Å². The zero-order valence-electron chi connectivity index (χ0n) is 10.1. The van der Waals surface area contributed by atoms with E-state index in [4.69, 9.17) is 10.2 Å². The number of aliphatic hydroxyl groups excluding tert-OH is 1. The summed E-state index contributed by atoms with van der Waals surface area (Å²) in [6.45, 7) is 3.91. The first kappa shape index (κ1) is 14.9. The lowest BCUT2D eigenvalue weighted by atomic mass is 10.0.